The van der Waals surface area contributed by atoms with Gasteiger partial charge in [-0.05, 0) is 60.5 Å². The van der Waals surface area contributed by atoms with E-state index in [-0.39, 0.29) is 5.75 Å². The van der Waals surface area contributed by atoms with Crippen LogP contribution in [0, 0.1) is 0 Å². The highest BCUT2D eigenvalue weighted by molar-refractivity contribution is 5.93. The molecule has 0 saturated carbocycles. The Hall–Kier alpha value is -3.97. The summed E-state index contributed by atoms with van der Waals surface area (Å²) in [7, 11) is 0. The number of anilines is 1. The lowest BCUT2D eigenvalue weighted by Gasteiger charge is -2.16. The molecule has 7 nitrogen and oxygen atoms in total. The van der Waals surface area contributed by atoms with E-state index < -0.39 is 5.91 Å². The predicted molar refractivity (Wildman–Crippen MR) is 125 cm³/mol. The predicted octanol–water partition coefficient (Wildman–Crippen LogP) is 3.54. The number of aromatic nitrogens is 2. The van der Waals surface area contributed by atoms with Gasteiger partial charge >= 0.3 is 0 Å². The lowest BCUT2D eigenvalue weighted by atomic mass is 10.0. The van der Waals surface area contributed by atoms with Crippen molar-refractivity contribution in [3.05, 3.63) is 72.3 Å². The summed E-state index contributed by atoms with van der Waals surface area (Å²) in [6.07, 6.45) is 1.02. The van der Waals surface area contributed by atoms with Gasteiger partial charge in [-0.25, -0.2) is 9.97 Å². The Labute approximate surface area is 185 Å². The van der Waals surface area contributed by atoms with Crippen LogP contribution in [-0.4, -0.2) is 40.1 Å². The van der Waals surface area contributed by atoms with Crippen molar-refractivity contribution in [1.82, 2.24) is 15.3 Å². The maximum absolute atomic E-state index is 11.4. The highest BCUT2D eigenvalue weighted by Crippen LogP contribution is 2.34. The molecule has 1 aromatic heterocycles. The molecule has 5 N–H and O–H groups in total. The molecule has 4 aromatic rings. The number of hydrogen-bond donors (Lipinski definition) is 4. The van der Waals surface area contributed by atoms with Crippen LogP contribution in [0.5, 0.6) is 5.75 Å². The molecule has 0 aliphatic carbocycles. The number of hydrogen-bond acceptors (Lipinski definition) is 6. The minimum atomic E-state index is -0.468. The number of aromatic hydroxyl groups is 1. The highest BCUT2D eigenvalue weighted by atomic mass is 16.3. The quantitative estimate of drug-likeness (QED) is 0.389. The summed E-state index contributed by atoms with van der Waals surface area (Å²) in [4.78, 5) is 20.9. The molecule has 160 valence electrons. The third kappa shape index (κ3) is 3.86. The third-order valence-electron chi connectivity index (χ3n) is 5.74. The van der Waals surface area contributed by atoms with Crippen LogP contribution >= 0.6 is 0 Å². The van der Waals surface area contributed by atoms with Crippen molar-refractivity contribution in [3.63, 3.8) is 0 Å². The fourth-order valence-corrected chi connectivity index (χ4v) is 4.00. The van der Waals surface area contributed by atoms with E-state index >= 15 is 0 Å². The zero-order valence-corrected chi connectivity index (χ0v) is 17.4. The summed E-state index contributed by atoms with van der Waals surface area (Å²) < 4.78 is 0. The van der Waals surface area contributed by atoms with Crippen LogP contribution in [0.25, 0.3) is 33.4 Å². The first-order valence-corrected chi connectivity index (χ1v) is 10.6. The monoisotopic (exact) mass is 425 g/mol. The number of carbonyl (C=O) groups excluding carboxylic acids is 1. The minimum Gasteiger partial charge on any atom is -0.507 e. The largest absolute Gasteiger partial charge is 0.507 e. The molecule has 7 heteroatoms. The third-order valence-corrected chi connectivity index (χ3v) is 5.74. The first-order valence-electron chi connectivity index (χ1n) is 10.6. The molecule has 3 aromatic carbocycles. The summed E-state index contributed by atoms with van der Waals surface area (Å²) >= 11 is 0. The first-order chi connectivity index (χ1) is 15.6. The van der Waals surface area contributed by atoms with Crippen LogP contribution in [0.2, 0.25) is 0 Å². The van der Waals surface area contributed by atoms with Gasteiger partial charge in [0.25, 0.3) is 0 Å². The standard InChI is InChI=1S/C25H23N5O2/c26-23(32)16-7-5-15(6-8-16)17-9-10-22(31)20(13-17)25-29-21-4-2-1-3-19(21)24(30-25)28-18-11-12-27-14-18/h1-10,13,18,27,31H,11-12,14H2,(H2,26,32)(H,28,29,30). The lowest BCUT2D eigenvalue weighted by Crippen LogP contribution is -2.23. The molecule has 1 fully saturated rings. The smallest absolute Gasteiger partial charge is 0.248 e. The fraction of sp³-hybridized carbons (Fsp3) is 0.160. The number of carbonyl (C=O) groups is 1. The van der Waals surface area contributed by atoms with E-state index in [0.717, 1.165) is 47.4 Å². The van der Waals surface area contributed by atoms with Gasteiger partial charge in [-0.2, -0.15) is 0 Å². The zero-order valence-electron chi connectivity index (χ0n) is 17.4. The molecule has 2 heterocycles. The molecule has 32 heavy (non-hydrogen) atoms. The van der Waals surface area contributed by atoms with E-state index in [1.165, 1.54) is 0 Å². The van der Waals surface area contributed by atoms with Gasteiger partial charge in [0.2, 0.25) is 5.91 Å². The number of amides is 1. The van der Waals surface area contributed by atoms with Crippen molar-refractivity contribution in [1.29, 1.82) is 0 Å². The molecule has 1 aliphatic rings. The number of nitrogens with zero attached hydrogens (tertiary/aromatic N) is 2. The molecule has 1 aliphatic heterocycles. The van der Waals surface area contributed by atoms with Gasteiger partial charge in [-0.3, -0.25) is 4.79 Å². The van der Waals surface area contributed by atoms with E-state index in [2.05, 4.69) is 10.6 Å². The van der Waals surface area contributed by atoms with E-state index in [0.29, 0.717) is 23.0 Å². The molecule has 0 bridgehead atoms. The number of nitrogens with two attached hydrogens (primary N) is 1. The summed E-state index contributed by atoms with van der Waals surface area (Å²) in [5.41, 5.74) is 8.91. The summed E-state index contributed by atoms with van der Waals surface area (Å²) in [5, 5.41) is 18.5. The van der Waals surface area contributed by atoms with Crippen molar-refractivity contribution >= 4 is 22.6 Å². The summed E-state index contributed by atoms with van der Waals surface area (Å²) in [6, 6.07) is 20.5. The van der Waals surface area contributed by atoms with Crippen molar-refractivity contribution in [2.45, 2.75) is 12.5 Å². The summed E-state index contributed by atoms with van der Waals surface area (Å²) in [6.45, 7) is 1.86. The molecule has 1 saturated heterocycles. The van der Waals surface area contributed by atoms with E-state index in [1.54, 1.807) is 18.2 Å². The molecule has 1 unspecified atom stereocenters. The SMILES string of the molecule is NC(=O)c1ccc(-c2ccc(O)c(-c3nc(NC4CCNC4)c4ccccc4n3)c2)cc1. The number of nitrogens with one attached hydrogen (secondary N) is 2. The Bertz CT molecular complexity index is 1300. The maximum atomic E-state index is 11.4. The lowest BCUT2D eigenvalue weighted by molar-refractivity contribution is 0.100. The molecule has 1 atom stereocenters. The molecule has 0 radical (unpaired) electrons. The van der Waals surface area contributed by atoms with Gasteiger partial charge < -0.3 is 21.5 Å². The molecule has 1 amide bonds. The number of phenols is 1. The van der Waals surface area contributed by atoms with Crippen LogP contribution in [-0.2, 0) is 0 Å². The first kappa shape index (κ1) is 20.0. The van der Waals surface area contributed by atoms with Crippen molar-refractivity contribution < 1.29 is 9.90 Å². The van der Waals surface area contributed by atoms with Gasteiger partial charge in [0, 0.05) is 23.5 Å². The maximum Gasteiger partial charge on any atom is 0.248 e. The van der Waals surface area contributed by atoms with Crippen LogP contribution in [0.15, 0.2) is 66.7 Å². The Morgan fingerprint density at radius 2 is 1.81 bits per heavy atom. The highest BCUT2D eigenvalue weighted by Gasteiger charge is 2.18. The molecular weight excluding hydrogens is 402 g/mol. The van der Waals surface area contributed by atoms with E-state index in [4.69, 9.17) is 15.7 Å². The fourth-order valence-electron chi connectivity index (χ4n) is 4.00. The topological polar surface area (TPSA) is 113 Å². The van der Waals surface area contributed by atoms with Crippen LogP contribution < -0.4 is 16.4 Å². The Morgan fingerprint density at radius 1 is 1.03 bits per heavy atom. The molecule has 5 rings (SSSR count). The average molecular weight is 425 g/mol. The minimum absolute atomic E-state index is 0.103. The second-order valence-corrected chi connectivity index (χ2v) is 7.92. The van der Waals surface area contributed by atoms with Gasteiger partial charge in [0.15, 0.2) is 5.82 Å². The number of phenolic OH excluding ortho intramolecular Hbond substituents is 1. The van der Waals surface area contributed by atoms with Crippen LogP contribution in [0.3, 0.4) is 0 Å². The van der Waals surface area contributed by atoms with Crippen molar-refractivity contribution in [2.75, 3.05) is 18.4 Å². The van der Waals surface area contributed by atoms with Gasteiger partial charge in [-0.1, -0.05) is 30.3 Å². The molecule has 0 spiro atoms. The number of rotatable bonds is 5. The number of benzene rings is 3. The second kappa shape index (κ2) is 8.28. The van der Waals surface area contributed by atoms with E-state index in [1.807, 2.05) is 48.5 Å². The van der Waals surface area contributed by atoms with Gasteiger partial charge in [0.05, 0.1) is 11.1 Å². The van der Waals surface area contributed by atoms with E-state index in [9.17, 15) is 9.90 Å². The molecular formula is C25H23N5O2. The second-order valence-electron chi connectivity index (χ2n) is 7.92. The number of primary amides is 1. The number of fused-ring (bicyclic) bond motifs is 1. The average Bonchev–Trinajstić information content (AvgIpc) is 3.32. The zero-order chi connectivity index (χ0) is 22.1. The van der Waals surface area contributed by atoms with Crippen molar-refractivity contribution in [2.24, 2.45) is 5.73 Å². The van der Waals surface area contributed by atoms with Crippen LogP contribution in [0.4, 0.5) is 5.82 Å². The van der Waals surface area contributed by atoms with Crippen LogP contribution in [0.1, 0.15) is 16.8 Å². The van der Waals surface area contributed by atoms with Gasteiger partial charge in [-0.15, -0.1) is 0 Å². The Balaban J connectivity index is 1.58. The Kier molecular flexibility index (Phi) is 5.17. The normalized spacial score (nSPS) is 15.7. The summed E-state index contributed by atoms with van der Waals surface area (Å²) in [5.74, 6) is 0.844. The van der Waals surface area contributed by atoms with Gasteiger partial charge in [0.1, 0.15) is 11.6 Å². The Morgan fingerprint density at radius 3 is 2.56 bits per heavy atom. The van der Waals surface area contributed by atoms with Crippen molar-refractivity contribution in [3.8, 4) is 28.3 Å². The number of para-hydroxylation sites is 1.